The second kappa shape index (κ2) is 5.97. The van der Waals surface area contributed by atoms with Gasteiger partial charge in [-0.05, 0) is 30.9 Å². The predicted molar refractivity (Wildman–Crippen MR) is 70.3 cm³/mol. The van der Waals surface area contributed by atoms with Crippen LogP contribution in [0.15, 0.2) is 24.3 Å². The maximum absolute atomic E-state index is 12.2. The summed E-state index contributed by atoms with van der Waals surface area (Å²) in [6.07, 6.45) is 2.95. The molecule has 94 valence electrons. The van der Waals surface area contributed by atoms with Crippen molar-refractivity contribution >= 4 is 5.78 Å². The van der Waals surface area contributed by atoms with Crippen LogP contribution in [-0.4, -0.2) is 16.5 Å². The number of ketones is 1. The summed E-state index contributed by atoms with van der Waals surface area (Å²) in [6, 6.07) is 7.61. The molecule has 0 heterocycles. The van der Waals surface area contributed by atoms with Crippen molar-refractivity contribution in [3.05, 3.63) is 35.4 Å². The van der Waals surface area contributed by atoms with Crippen LogP contribution in [0.3, 0.4) is 0 Å². The van der Waals surface area contributed by atoms with Gasteiger partial charge in [0.15, 0.2) is 5.78 Å². The quantitative estimate of drug-likeness (QED) is 0.766. The van der Waals surface area contributed by atoms with Gasteiger partial charge in [-0.1, -0.05) is 45.4 Å². The Morgan fingerprint density at radius 2 is 1.88 bits per heavy atom. The molecule has 0 aliphatic heterocycles. The number of carbonyl (C=O) groups is 1. The molecule has 1 aromatic carbocycles. The van der Waals surface area contributed by atoms with Crippen molar-refractivity contribution in [1.29, 1.82) is 0 Å². The summed E-state index contributed by atoms with van der Waals surface area (Å²) in [5.41, 5.74) is 0.584. The van der Waals surface area contributed by atoms with Crippen molar-refractivity contribution in [3.63, 3.8) is 0 Å². The lowest BCUT2D eigenvalue weighted by Crippen LogP contribution is -2.37. The van der Waals surface area contributed by atoms with Crippen LogP contribution in [0.1, 0.15) is 56.0 Å². The SMILES string of the molecule is CCCc1cccc(C(=O)C(O)(CC)CC)c1. The maximum atomic E-state index is 12.2. The number of Topliss-reactive ketones (excluding diaryl/α,β-unsaturated/α-hetero) is 1. The molecule has 0 aromatic heterocycles. The van der Waals surface area contributed by atoms with Gasteiger partial charge in [0, 0.05) is 5.56 Å². The van der Waals surface area contributed by atoms with E-state index in [4.69, 9.17) is 0 Å². The second-order valence-electron chi connectivity index (χ2n) is 4.52. The Bertz CT molecular complexity index is 378. The molecule has 0 aliphatic carbocycles. The third kappa shape index (κ3) is 3.16. The predicted octanol–water partition coefficient (Wildman–Crippen LogP) is 3.37. The summed E-state index contributed by atoms with van der Waals surface area (Å²) in [5, 5.41) is 10.2. The third-order valence-electron chi connectivity index (χ3n) is 3.32. The van der Waals surface area contributed by atoms with Gasteiger partial charge < -0.3 is 5.11 Å². The van der Waals surface area contributed by atoms with Crippen molar-refractivity contribution in [3.8, 4) is 0 Å². The lowest BCUT2D eigenvalue weighted by molar-refractivity contribution is 0.0277. The molecule has 0 bridgehead atoms. The molecule has 2 nitrogen and oxygen atoms in total. The molecule has 0 unspecified atom stereocenters. The summed E-state index contributed by atoms with van der Waals surface area (Å²) in [6.45, 7) is 5.80. The zero-order valence-electron chi connectivity index (χ0n) is 11.0. The fraction of sp³-hybridized carbons (Fsp3) is 0.533. The fourth-order valence-corrected chi connectivity index (χ4v) is 2.00. The molecule has 1 rings (SSSR count). The van der Waals surface area contributed by atoms with Crippen LogP contribution >= 0.6 is 0 Å². The lowest BCUT2D eigenvalue weighted by atomic mass is 9.87. The molecule has 0 radical (unpaired) electrons. The van der Waals surface area contributed by atoms with E-state index in [1.165, 1.54) is 0 Å². The molecule has 17 heavy (non-hydrogen) atoms. The average Bonchev–Trinajstić information content (AvgIpc) is 2.37. The first kappa shape index (κ1) is 13.9. The van der Waals surface area contributed by atoms with Crippen molar-refractivity contribution < 1.29 is 9.90 Å². The number of hydrogen-bond acceptors (Lipinski definition) is 2. The number of aliphatic hydroxyl groups is 1. The Balaban J connectivity index is 2.99. The van der Waals surface area contributed by atoms with E-state index in [9.17, 15) is 9.90 Å². The molecule has 2 heteroatoms. The van der Waals surface area contributed by atoms with E-state index in [-0.39, 0.29) is 5.78 Å². The molecule has 1 aromatic rings. The topological polar surface area (TPSA) is 37.3 Å². The minimum atomic E-state index is -1.20. The first-order chi connectivity index (χ1) is 8.07. The van der Waals surface area contributed by atoms with Gasteiger partial charge >= 0.3 is 0 Å². The Hall–Kier alpha value is -1.15. The molecular formula is C15H22O2. The Morgan fingerprint density at radius 3 is 2.41 bits per heavy atom. The smallest absolute Gasteiger partial charge is 0.194 e. The normalized spacial score (nSPS) is 11.5. The van der Waals surface area contributed by atoms with Crippen LogP contribution < -0.4 is 0 Å². The van der Waals surface area contributed by atoms with Crippen LogP contribution in [0.2, 0.25) is 0 Å². The minimum Gasteiger partial charge on any atom is -0.382 e. The zero-order valence-corrected chi connectivity index (χ0v) is 11.0. The van der Waals surface area contributed by atoms with Crippen molar-refractivity contribution in [2.75, 3.05) is 0 Å². The Morgan fingerprint density at radius 1 is 1.24 bits per heavy atom. The highest BCUT2D eigenvalue weighted by molar-refractivity contribution is 6.02. The van der Waals surface area contributed by atoms with E-state index in [1.807, 2.05) is 32.0 Å². The van der Waals surface area contributed by atoms with Crippen LogP contribution in [0.4, 0.5) is 0 Å². The van der Waals surface area contributed by atoms with Crippen LogP contribution in [0.25, 0.3) is 0 Å². The Labute approximate surface area is 104 Å². The molecule has 0 spiro atoms. The highest BCUT2D eigenvalue weighted by Gasteiger charge is 2.32. The Kier molecular flexibility index (Phi) is 4.88. The molecular weight excluding hydrogens is 212 g/mol. The van der Waals surface area contributed by atoms with Crippen molar-refractivity contribution in [1.82, 2.24) is 0 Å². The summed E-state index contributed by atoms with van der Waals surface area (Å²) in [5.74, 6) is -0.152. The van der Waals surface area contributed by atoms with E-state index < -0.39 is 5.60 Å². The highest BCUT2D eigenvalue weighted by atomic mass is 16.3. The molecule has 0 aliphatic rings. The molecule has 0 atom stereocenters. The van der Waals surface area contributed by atoms with Gasteiger partial charge in [0.1, 0.15) is 5.60 Å². The fourth-order valence-electron chi connectivity index (χ4n) is 2.00. The van der Waals surface area contributed by atoms with Gasteiger partial charge in [-0.25, -0.2) is 0 Å². The van der Waals surface area contributed by atoms with Gasteiger partial charge in [-0.15, -0.1) is 0 Å². The van der Waals surface area contributed by atoms with Crippen LogP contribution in [-0.2, 0) is 6.42 Å². The molecule has 0 amide bonds. The number of carbonyl (C=O) groups excluding carboxylic acids is 1. The summed E-state index contributed by atoms with van der Waals surface area (Å²) < 4.78 is 0. The van der Waals surface area contributed by atoms with E-state index in [0.717, 1.165) is 18.4 Å². The second-order valence-corrected chi connectivity index (χ2v) is 4.52. The molecule has 0 saturated carbocycles. The first-order valence-electron chi connectivity index (χ1n) is 6.43. The molecule has 1 N–H and O–H groups in total. The molecule has 0 fully saturated rings. The van der Waals surface area contributed by atoms with Crippen LogP contribution in [0, 0.1) is 0 Å². The van der Waals surface area contributed by atoms with Gasteiger partial charge in [0.05, 0.1) is 0 Å². The lowest BCUT2D eigenvalue weighted by Gasteiger charge is -2.23. The van der Waals surface area contributed by atoms with Gasteiger partial charge in [0.2, 0.25) is 0 Å². The summed E-state index contributed by atoms with van der Waals surface area (Å²) >= 11 is 0. The van der Waals surface area contributed by atoms with Gasteiger partial charge in [-0.3, -0.25) is 4.79 Å². The van der Waals surface area contributed by atoms with Crippen molar-refractivity contribution in [2.45, 2.75) is 52.1 Å². The first-order valence-corrected chi connectivity index (χ1v) is 6.43. The van der Waals surface area contributed by atoms with E-state index in [1.54, 1.807) is 6.07 Å². The number of benzene rings is 1. The average molecular weight is 234 g/mol. The monoisotopic (exact) mass is 234 g/mol. The van der Waals surface area contributed by atoms with E-state index in [0.29, 0.717) is 18.4 Å². The number of hydrogen-bond donors (Lipinski definition) is 1. The number of aryl methyl sites for hydroxylation is 1. The van der Waals surface area contributed by atoms with E-state index in [2.05, 4.69) is 6.92 Å². The third-order valence-corrected chi connectivity index (χ3v) is 3.32. The largest absolute Gasteiger partial charge is 0.382 e. The maximum Gasteiger partial charge on any atom is 0.194 e. The minimum absolute atomic E-state index is 0.152. The van der Waals surface area contributed by atoms with Gasteiger partial charge in [-0.2, -0.15) is 0 Å². The zero-order chi connectivity index (χ0) is 12.9. The van der Waals surface area contributed by atoms with Crippen molar-refractivity contribution in [2.24, 2.45) is 0 Å². The summed E-state index contributed by atoms with van der Waals surface area (Å²) in [4.78, 5) is 12.2. The van der Waals surface area contributed by atoms with E-state index >= 15 is 0 Å². The van der Waals surface area contributed by atoms with Crippen LogP contribution in [0.5, 0.6) is 0 Å². The summed E-state index contributed by atoms with van der Waals surface area (Å²) in [7, 11) is 0. The standard InChI is InChI=1S/C15H22O2/c1-4-8-12-9-7-10-13(11-12)14(16)15(17,5-2)6-3/h7,9-11,17H,4-6,8H2,1-3H3. The highest BCUT2D eigenvalue weighted by Crippen LogP contribution is 2.21. The van der Waals surface area contributed by atoms with Gasteiger partial charge in [0.25, 0.3) is 0 Å². The molecule has 0 saturated heterocycles. The number of rotatable bonds is 6.